The first-order valence-electron chi connectivity index (χ1n) is 12.9. The summed E-state index contributed by atoms with van der Waals surface area (Å²) in [7, 11) is 0. The molecule has 8 nitrogen and oxygen atoms in total. The Kier molecular flexibility index (Phi) is 8.45. The Morgan fingerprint density at radius 1 is 1.18 bits per heavy atom. The van der Waals surface area contributed by atoms with Gasteiger partial charge in [-0.2, -0.15) is 13.2 Å². The maximum absolute atomic E-state index is 15.3. The van der Waals surface area contributed by atoms with E-state index in [2.05, 4.69) is 16.9 Å². The molecule has 0 bridgehead atoms. The van der Waals surface area contributed by atoms with E-state index in [1.165, 1.54) is 17.4 Å². The minimum Gasteiger partial charge on any atom is -0.478 e. The number of amides is 1. The van der Waals surface area contributed by atoms with Crippen molar-refractivity contribution < 1.29 is 37.0 Å². The number of alkyl halides is 3. The van der Waals surface area contributed by atoms with E-state index >= 15 is 4.39 Å². The predicted octanol–water partition coefficient (Wildman–Crippen LogP) is 6.54. The van der Waals surface area contributed by atoms with Gasteiger partial charge in [-0.05, 0) is 57.1 Å². The van der Waals surface area contributed by atoms with Gasteiger partial charge in [-0.1, -0.05) is 6.92 Å². The third-order valence-electron chi connectivity index (χ3n) is 7.00. The molecule has 0 spiro atoms. The number of hydrogen-bond acceptors (Lipinski definition) is 5. The first kappa shape index (κ1) is 29.0. The van der Waals surface area contributed by atoms with Gasteiger partial charge >= 0.3 is 12.1 Å². The number of hydrogen-bond donors (Lipinski definition) is 1. The lowest BCUT2D eigenvalue weighted by molar-refractivity contribution is -0.139. The Bertz CT molecular complexity index is 1370. The van der Waals surface area contributed by atoms with Crippen molar-refractivity contribution in [3.63, 3.8) is 0 Å². The highest BCUT2D eigenvalue weighted by molar-refractivity contribution is 6.03. The summed E-state index contributed by atoms with van der Waals surface area (Å²) in [6, 6.07) is 1.94. The Labute approximate surface area is 228 Å². The third-order valence-corrected chi connectivity index (χ3v) is 7.00. The van der Waals surface area contributed by atoms with E-state index in [0.29, 0.717) is 18.8 Å². The molecule has 1 saturated carbocycles. The molecule has 0 atom stereocenters. The molecule has 12 heteroatoms. The van der Waals surface area contributed by atoms with Crippen molar-refractivity contribution in [3.05, 3.63) is 65.6 Å². The summed E-state index contributed by atoms with van der Waals surface area (Å²) in [5.74, 6) is -4.48. The van der Waals surface area contributed by atoms with E-state index in [1.54, 1.807) is 24.6 Å². The molecule has 1 amide bonds. The van der Waals surface area contributed by atoms with Crippen LogP contribution in [0.2, 0.25) is 0 Å². The highest BCUT2D eigenvalue weighted by Crippen LogP contribution is 2.40. The van der Waals surface area contributed by atoms with Gasteiger partial charge in [0.1, 0.15) is 5.56 Å². The molecule has 1 N–H and O–H groups in total. The third kappa shape index (κ3) is 6.43. The van der Waals surface area contributed by atoms with E-state index in [0.717, 1.165) is 37.2 Å². The van der Waals surface area contributed by atoms with Crippen LogP contribution in [0.5, 0.6) is 11.6 Å². The molecule has 2 heterocycles. The lowest BCUT2D eigenvalue weighted by atomic mass is 9.82. The lowest BCUT2D eigenvalue weighted by Gasteiger charge is -2.34. The molecule has 4 rings (SSSR count). The number of ether oxygens (including phenoxy) is 1. The topological polar surface area (TPSA) is 97.6 Å². The number of rotatable bonds is 8. The summed E-state index contributed by atoms with van der Waals surface area (Å²) in [4.78, 5) is 34.5. The number of carbonyl (C=O) groups excluding carboxylic acids is 1. The van der Waals surface area contributed by atoms with Crippen LogP contribution in [0.15, 0.2) is 43.1 Å². The van der Waals surface area contributed by atoms with Gasteiger partial charge in [-0.3, -0.25) is 4.79 Å². The number of anilines is 1. The fourth-order valence-electron chi connectivity index (χ4n) is 4.91. The highest BCUT2D eigenvalue weighted by atomic mass is 19.4. The smallest absolute Gasteiger partial charge is 0.421 e. The molecule has 1 aliphatic carbocycles. The summed E-state index contributed by atoms with van der Waals surface area (Å²) < 4.78 is 63.8. The van der Waals surface area contributed by atoms with Crippen LogP contribution in [-0.2, 0) is 17.5 Å². The van der Waals surface area contributed by atoms with Gasteiger partial charge in [0.05, 0.1) is 24.1 Å². The van der Waals surface area contributed by atoms with Crippen molar-refractivity contribution >= 4 is 17.6 Å². The summed E-state index contributed by atoms with van der Waals surface area (Å²) >= 11 is 0. The average Bonchev–Trinajstić information content (AvgIpc) is 3.39. The van der Waals surface area contributed by atoms with Gasteiger partial charge in [0.2, 0.25) is 11.8 Å². The van der Waals surface area contributed by atoms with Crippen LogP contribution in [0.3, 0.4) is 0 Å². The van der Waals surface area contributed by atoms with E-state index in [-0.39, 0.29) is 29.6 Å². The van der Waals surface area contributed by atoms with Crippen LogP contribution in [0.4, 0.5) is 23.2 Å². The van der Waals surface area contributed by atoms with Gasteiger partial charge in [0, 0.05) is 42.7 Å². The largest absolute Gasteiger partial charge is 0.478 e. The van der Waals surface area contributed by atoms with Gasteiger partial charge in [-0.25, -0.2) is 19.2 Å². The number of benzene rings is 1. The Morgan fingerprint density at radius 2 is 1.88 bits per heavy atom. The van der Waals surface area contributed by atoms with Crippen LogP contribution in [0.1, 0.15) is 67.9 Å². The number of carbonyl (C=O) groups is 2. The maximum atomic E-state index is 15.3. The molecule has 40 heavy (non-hydrogen) atoms. The minimum absolute atomic E-state index is 0.0571. The summed E-state index contributed by atoms with van der Waals surface area (Å²) in [6.45, 7) is 5.52. The fourth-order valence-corrected chi connectivity index (χ4v) is 4.91. The number of nitrogens with zero attached hydrogens (tertiary/aromatic N) is 4. The number of aromatic nitrogens is 3. The van der Waals surface area contributed by atoms with E-state index in [4.69, 9.17) is 4.74 Å². The zero-order chi connectivity index (χ0) is 29.2. The van der Waals surface area contributed by atoms with Crippen molar-refractivity contribution in [2.75, 3.05) is 4.90 Å². The van der Waals surface area contributed by atoms with Gasteiger partial charge in [-0.15, -0.1) is 0 Å². The Morgan fingerprint density at radius 3 is 2.45 bits per heavy atom. The molecule has 3 aromatic rings. The molecule has 0 radical (unpaired) electrons. The van der Waals surface area contributed by atoms with Gasteiger partial charge in [0.15, 0.2) is 11.6 Å². The average molecular weight is 563 g/mol. The van der Waals surface area contributed by atoms with E-state index in [9.17, 15) is 27.9 Å². The Hall–Kier alpha value is -3.96. The van der Waals surface area contributed by atoms with Gasteiger partial charge in [0.25, 0.3) is 0 Å². The number of carboxylic acids is 1. The minimum atomic E-state index is -4.89. The number of halogens is 4. The SMILES string of the molecule is CC1CCC(C(=O)N(c2cc(F)c(Oc3ncc(Cn4ccnc4)cc3C(F)(F)F)cc2C(=O)O)C(C)C)CC1. The van der Waals surface area contributed by atoms with E-state index < -0.39 is 46.8 Å². The van der Waals surface area contributed by atoms with Crippen LogP contribution in [-0.4, -0.2) is 37.6 Å². The first-order valence-corrected chi connectivity index (χ1v) is 12.9. The Balaban J connectivity index is 1.70. The molecule has 214 valence electrons. The fraction of sp³-hybridized carbons (Fsp3) is 0.429. The molecular weight excluding hydrogens is 532 g/mol. The van der Waals surface area contributed by atoms with Crippen molar-refractivity contribution in [2.45, 2.75) is 65.2 Å². The van der Waals surface area contributed by atoms with Crippen LogP contribution < -0.4 is 9.64 Å². The second kappa shape index (κ2) is 11.6. The molecule has 0 saturated heterocycles. The normalized spacial score (nSPS) is 17.6. The number of imidazole rings is 1. The molecule has 0 aliphatic heterocycles. The number of pyridine rings is 1. The van der Waals surface area contributed by atoms with Crippen molar-refractivity contribution in [2.24, 2.45) is 11.8 Å². The molecule has 1 aromatic carbocycles. The molecule has 1 fully saturated rings. The van der Waals surface area contributed by atoms with Crippen LogP contribution in [0.25, 0.3) is 0 Å². The first-order chi connectivity index (χ1) is 18.8. The quantitative estimate of drug-likeness (QED) is 0.313. The number of aromatic carboxylic acids is 1. The second-order valence-corrected chi connectivity index (χ2v) is 10.4. The van der Waals surface area contributed by atoms with Gasteiger partial charge < -0.3 is 19.3 Å². The monoisotopic (exact) mass is 562 g/mol. The zero-order valence-electron chi connectivity index (χ0n) is 22.3. The van der Waals surface area contributed by atoms with E-state index in [1.807, 2.05) is 0 Å². The molecular formula is C28H30F4N4O4. The van der Waals surface area contributed by atoms with Crippen LogP contribution >= 0.6 is 0 Å². The molecule has 2 aromatic heterocycles. The van der Waals surface area contributed by atoms with Crippen molar-refractivity contribution in [1.82, 2.24) is 14.5 Å². The molecule has 1 aliphatic rings. The summed E-state index contributed by atoms with van der Waals surface area (Å²) in [5, 5.41) is 9.93. The number of carboxylic acid groups (broad SMARTS) is 1. The second-order valence-electron chi connectivity index (χ2n) is 10.4. The highest BCUT2D eigenvalue weighted by Gasteiger charge is 2.37. The lowest BCUT2D eigenvalue weighted by Crippen LogP contribution is -2.43. The van der Waals surface area contributed by atoms with Crippen molar-refractivity contribution in [1.29, 1.82) is 0 Å². The maximum Gasteiger partial charge on any atom is 0.421 e. The zero-order valence-corrected chi connectivity index (χ0v) is 22.3. The predicted molar refractivity (Wildman–Crippen MR) is 138 cm³/mol. The van der Waals surface area contributed by atoms with Crippen molar-refractivity contribution in [3.8, 4) is 11.6 Å². The summed E-state index contributed by atoms with van der Waals surface area (Å²) in [6.07, 6.45) is 3.72. The summed E-state index contributed by atoms with van der Waals surface area (Å²) in [5.41, 5.74) is -1.72. The standard InChI is InChI=1S/C28H30F4N4O4/c1-16(2)36(26(37)19-6-4-17(3)5-7-19)23-12-22(29)24(11-20(23)27(38)39)40-25-21(28(30,31)32)10-18(13-34-25)14-35-9-8-33-15-35/h8-13,15-17,19H,4-7,14H2,1-3H3,(H,38,39). The van der Waals surface area contributed by atoms with Crippen LogP contribution in [0, 0.1) is 17.7 Å². The molecule has 0 unspecified atom stereocenters.